The van der Waals surface area contributed by atoms with Gasteiger partial charge in [0, 0.05) is 23.7 Å². The second-order valence-corrected chi connectivity index (χ2v) is 3.98. The van der Waals surface area contributed by atoms with Crippen LogP contribution in [0.25, 0.3) is 0 Å². The summed E-state index contributed by atoms with van der Waals surface area (Å²) in [5.41, 5.74) is 6.55. The molecule has 17 heavy (non-hydrogen) atoms. The van der Waals surface area contributed by atoms with E-state index >= 15 is 0 Å². The van der Waals surface area contributed by atoms with E-state index in [1.165, 1.54) is 7.11 Å². The maximum absolute atomic E-state index is 11.2. The van der Waals surface area contributed by atoms with Crippen LogP contribution in [0.2, 0.25) is 0 Å². The highest BCUT2D eigenvalue weighted by atomic mass is 16.5. The molecule has 5 heteroatoms. The smallest absolute Gasteiger partial charge is 0.248 e. The van der Waals surface area contributed by atoms with Crippen molar-refractivity contribution in [3.8, 4) is 11.5 Å². The summed E-state index contributed by atoms with van der Waals surface area (Å²) in [6.45, 7) is 0.574. The summed E-state index contributed by atoms with van der Waals surface area (Å²) >= 11 is 0. The Labute approximate surface area is 99.1 Å². The second kappa shape index (κ2) is 4.63. The molecule has 0 radical (unpaired) electrons. The van der Waals surface area contributed by atoms with Crippen molar-refractivity contribution in [3.63, 3.8) is 0 Å². The molecule has 0 aromatic heterocycles. The predicted octanol–water partition coefficient (Wildman–Crippen LogP) is 0.652. The molecule has 2 rings (SSSR count). The first kappa shape index (κ1) is 11.7. The van der Waals surface area contributed by atoms with Crippen molar-refractivity contribution in [1.82, 2.24) is 0 Å². The third-order valence-electron chi connectivity index (χ3n) is 2.93. The van der Waals surface area contributed by atoms with Gasteiger partial charge in [0.2, 0.25) is 5.91 Å². The van der Waals surface area contributed by atoms with E-state index in [9.17, 15) is 4.79 Å². The average molecular weight is 237 g/mol. The fourth-order valence-electron chi connectivity index (χ4n) is 2.04. The lowest BCUT2D eigenvalue weighted by Gasteiger charge is -2.10. The molecule has 1 aromatic rings. The summed E-state index contributed by atoms with van der Waals surface area (Å²) in [6.07, 6.45) is 0.596. The Kier molecular flexibility index (Phi) is 3.19. The minimum Gasteiger partial charge on any atom is -0.493 e. The first-order valence-electron chi connectivity index (χ1n) is 5.42. The largest absolute Gasteiger partial charge is 0.493 e. The lowest BCUT2D eigenvalue weighted by atomic mass is 9.96. The van der Waals surface area contributed by atoms with Gasteiger partial charge in [-0.15, -0.1) is 0 Å². The van der Waals surface area contributed by atoms with Gasteiger partial charge in [0.05, 0.1) is 13.7 Å². The van der Waals surface area contributed by atoms with Crippen molar-refractivity contribution in [1.29, 1.82) is 0 Å². The van der Waals surface area contributed by atoms with Gasteiger partial charge >= 0.3 is 0 Å². The molecule has 5 nitrogen and oxygen atoms in total. The van der Waals surface area contributed by atoms with Crippen LogP contribution in [-0.2, 0) is 0 Å². The zero-order valence-corrected chi connectivity index (χ0v) is 9.60. The molecule has 0 saturated heterocycles. The van der Waals surface area contributed by atoms with E-state index in [0.29, 0.717) is 30.1 Å². The number of benzene rings is 1. The summed E-state index contributed by atoms with van der Waals surface area (Å²) in [5, 5.41) is 8.98. The van der Waals surface area contributed by atoms with Gasteiger partial charge in [-0.1, -0.05) is 0 Å². The highest BCUT2D eigenvalue weighted by Crippen LogP contribution is 2.43. The molecule has 0 fully saturated rings. The van der Waals surface area contributed by atoms with Crippen LogP contribution in [0.4, 0.5) is 0 Å². The molecule has 1 atom stereocenters. The van der Waals surface area contributed by atoms with Crippen LogP contribution < -0.4 is 15.2 Å². The fraction of sp³-hybridized carbons (Fsp3) is 0.417. The number of fused-ring (bicyclic) bond motifs is 1. The maximum atomic E-state index is 11.2. The molecule has 92 valence electrons. The van der Waals surface area contributed by atoms with Gasteiger partial charge in [0.1, 0.15) is 0 Å². The molecule has 1 aliphatic rings. The highest BCUT2D eigenvalue weighted by Gasteiger charge is 2.28. The molecule has 1 unspecified atom stereocenters. The van der Waals surface area contributed by atoms with E-state index < -0.39 is 5.91 Å². The van der Waals surface area contributed by atoms with Crippen molar-refractivity contribution in [2.45, 2.75) is 12.3 Å². The Morgan fingerprint density at radius 2 is 2.41 bits per heavy atom. The Balaban J connectivity index is 2.46. The Bertz CT molecular complexity index is 444. The molecule has 1 amide bonds. The van der Waals surface area contributed by atoms with Crippen molar-refractivity contribution >= 4 is 5.91 Å². The summed E-state index contributed by atoms with van der Waals surface area (Å²) < 4.78 is 10.7. The van der Waals surface area contributed by atoms with Crippen LogP contribution in [0, 0.1) is 0 Å². The molecular formula is C12H15NO4. The van der Waals surface area contributed by atoms with Gasteiger partial charge in [-0.2, -0.15) is 0 Å². The predicted molar refractivity (Wildman–Crippen MR) is 61.5 cm³/mol. The van der Waals surface area contributed by atoms with Gasteiger partial charge in [0.15, 0.2) is 11.5 Å². The van der Waals surface area contributed by atoms with E-state index in [1.807, 2.05) is 0 Å². The molecule has 3 N–H and O–H groups in total. The third kappa shape index (κ3) is 2.06. The molecule has 0 spiro atoms. The van der Waals surface area contributed by atoms with Crippen LogP contribution >= 0.6 is 0 Å². The zero-order chi connectivity index (χ0) is 12.4. The van der Waals surface area contributed by atoms with Gasteiger partial charge in [0.25, 0.3) is 0 Å². The van der Waals surface area contributed by atoms with Crippen molar-refractivity contribution < 1.29 is 19.4 Å². The molecule has 1 aliphatic heterocycles. The molecular weight excluding hydrogens is 222 g/mol. The Morgan fingerprint density at radius 3 is 3.00 bits per heavy atom. The Morgan fingerprint density at radius 1 is 1.65 bits per heavy atom. The number of hydrogen-bond donors (Lipinski definition) is 2. The topological polar surface area (TPSA) is 81.8 Å². The van der Waals surface area contributed by atoms with Gasteiger partial charge in [-0.25, -0.2) is 0 Å². The van der Waals surface area contributed by atoms with Crippen LogP contribution in [0.3, 0.4) is 0 Å². The Hall–Kier alpha value is -1.75. The van der Waals surface area contributed by atoms with Gasteiger partial charge < -0.3 is 20.3 Å². The highest BCUT2D eigenvalue weighted by molar-refractivity contribution is 5.94. The van der Waals surface area contributed by atoms with Gasteiger partial charge in [-0.3, -0.25) is 4.79 Å². The second-order valence-electron chi connectivity index (χ2n) is 3.98. The minimum atomic E-state index is -0.499. The monoisotopic (exact) mass is 237 g/mol. The SMILES string of the molecule is COc1cc(C(N)=O)cc2c1OCC2CCO. The maximum Gasteiger partial charge on any atom is 0.248 e. The number of aliphatic hydroxyl groups is 1. The first-order chi connectivity index (χ1) is 8.17. The standard InChI is InChI=1S/C12H15NO4/c1-16-10-5-8(12(13)15)4-9-7(2-3-14)6-17-11(9)10/h4-5,7,14H,2-3,6H2,1H3,(H2,13,15). The molecule has 0 bridgehead atoms. The number of ether oxygens (including phenoxy) is 2. The van der Waals surface area contributed by atoms with Gasteiger partial charge in [-0.05, 0) is 18.6 Å². The van der Waals surface area contributed by atoms with Crippen LogP contribution in [-0.4, -0.2) is 31.3 Å². The molecule has 0 aliphatic carbocycles. The lowest BCUT2D eigenvalue weighted by Crippen LogP contribution is -2.12. The van der Waals surface area contributed by atoms with Crippen molar-refractivity contribution in [2.24, 2.45) is 5.73 Å². The van der Waals surface area contributed by atoms with Crippen LogP contribution in [0.5, 0.6) is 11.5 Å². The molecule has 1 heterocycles. The van der Waals surface area contributed by atoms with Crippen molar-refractivity contribution in [2.75, 3.05) is 20.3 Å². The fourth-order valence-corrected chi connectivity index (χ4v) is 2.04. The third-order valence-corrected chi connectivity index (χ3v) is 2.93. The lowest BCUT2D eigenvalue weighted by molar-refractivity contribution is 0.1000. The summed E-state index contributed by atoms with van der Waals surface area (Å²) in [5.74, 6) is 0.747. The minimum absolute atomic E-state index is 0.0799. The number of carbonyl (C=O) groups is 1. The normalized spacial score (nSPS) is 17.4. The number of hydrogen-bond acceptors (Lipinski definition) is 4. The van der Waals surface area contributed by atoms with E-state index in [-0.39, 0.29) is 12.5 Å². The van der Waals surface area contributed by atoms with E-state index in [4.69, 9.17) is 20.3 Å². The van der Waals surface area contributed by atoms with Crippen molar-refractivity contribution in [3.05, 3.63) is 23.3 Å². The number of aliphatic hydroxyl groups excluding tert-OH is 1. The van der Waals surface area contributed by atoms with Crippen LogP contribution in [0.1, 0.15) is 28.3 Å². The molecule has 1 aromatic carbocycles. The number of amides is 1. The quantitative estimate of drug-likeness (QED) is 0.805. The van der Waals surface area contributed by atoms with E-state index in [2.05, 4.69) is 0 Å². The number of rotatable bonds is 4. The number of primary amides is 1. The van der Waals surface area contributed by atoms with E-state index in [0.717, 1.165) is 5.56 Å². The summed E-state index contributed by atoms with van der Waals surface area (Å²) in [6, 6.07) is 3.29. The number of methoxy groups -OCH3 is 1. The summed E-state index contributed by atoms with van der Waals surface area (Å²) in [4.78, 5) is 11.2. The average Bonchev–Trinajstić information content (AvgIpc) is 2.72. The van der Waals surface area contributed by atoms with E-state index in [1.54, 1.807) is 12.1 Å². The number of nitrogens with two attached hydrogens (primary N) is 1. The first-order valence-corrected chi connectivity index (χ1v) is 5.42. The molecule has 0 saturated carbocycles. The zero-order valence-electron chi connectivity index (χ0n) is 9.60. The number of carbonyl (C=O) groups excluding carboxylic acids is 1. The summed E-state index contributed by atoms with van der Waals surface area (Å²) in [7, 11) is 1.52. The van der Waals surface area contributed by atoms with Crippen LogP contribution in [0.15, 0.2) is 12.1 Å².